The van der Waals surface area contributed by atoms with Crippen molar-refractivity contribution < 1.29 is 5.11 Å². The minimum absolute atomic E-state index is 0.485. The van der Waals surface area contributed by atoms with Crippen LogP contribution in [0.1, 0.15) is 11.1 Å². The molecular weight excluding hydrogens is 392 g/mol. The molecule has 0 amide bonds. The zero-order chi connectivity index (χ0) is 21.8. The Labute approximate surface area is 189 Å². The van der Waals surface area contributed by atoms with Crippen molar-refractivity contribution in [3.05, 3.63) is 120 Å². The Hall–Kier alpha value is -3.40. The number of benzene rings is 4. The summed E-state index contributed by atoms with van der Waals surface area (Å²) in [6.07, 6.45) is -0.485. The molecular formula is C29H28N2O. The lowest BCUT2D eigenvalue weighted by Crippen LogP contribution is -2.34. The van der Waals surface area contributed by atoms with Crippen molar-refractivity contribution in [3.8, 4) is 0 Å². The Morgan fingerprint density at radius 3 is 1.53 bits per heavy atom. The van der Waals surface area contributed by atoms with E-state index in [1.807, 2.05) is 12.1 Å². The Balaban J connectivity index is 1.40. The highest BCUT2D eigenvalue weighted by atomic mass is 16.3. The smallest absolute Gasteiger partial charge is 0.0846 e. The van der Waals surface area contributed by atoms with Crippen molar-refractivity contribution in [2.45, 2.75) is 25.7 Å². The van der Waals surface area contributed by atoms with Gasteiger partial charge >= 0.3 is 0 Å². The number of hydrogen-bond acceptors (Lipinski definition) is 2. The molecule has 5 rings (SSSR count). The van der Waals surface area contributed by atoms with Crippen LogP contribution in [0.25, 0.3) is 21.8 Å². The molecule has 1 N–H and O–H groups in total. The van der Waals surface area contributed by atoms with Gasteiger partial charge in [-0.15, -0.1) is 0 Å². The maximum absolute atomic E-state index is 11.2. The van der Waals surface area contributed by atoms with Gasteiger partial charge in [-0.25, -0.2) is 0 Å². The topological polar surface area (TPSA) is 28.4 Å². The van der Waals surface area contributed by atoms with E-state index in [-0.39, 0.29) is 0 Å². The zero-order valence-electron chi connectivity index (χ0n) is 18.1. The van der Waals surface area contributed by atoms with E-state index < -0.39 is 6.10 Å². The first-order valence-corrected chi connectivity index (χ1v) is 11.2. The molecule has 3 heteroatoms. The SMILES string of the molecule is O[C@@H](CN(Cc1ccccc1)Cc1ccccc1)Cn1c2ccccc2c2ccccc21. The first-order chi connectivity index (χ1) is 15.8. The molecule has 0 aliphatic heterocycles. The summed E-state index contributed by atoms with van der Waals surface area (Å²) in [5.41, 5.74) is 4.86. The van der Waals surface area contributed by atoms with Gasteiger partial charge in [0.05, 0.1) is 12.6 Å². The number of aliphatic hydroxyl groups excluding tert-OH is 1. The van der Waals surface area contributed by atoms with Gasteiger partial charge in [0.2, 0.25) is 0 Å². The second-order valence-corrected chi connectivity index (χ2v) is 8.44. The molecule has 3 nitrogen and oxygen atoms in total. The van der Waals surface area contributed by atoms with E-state index in [4.69, 9.17) is 0 Å². The van der Waals surface area contributed by atoms with Crippen LogP contribution in [0.5, 0.6) is 0 Å². The summed E-state index contributed by atoms with van der Waals surface area (Å²) < 4.78 is 2.26. The lowest BCUT2D eigenvalue weighted by molar-refractivity contribution is 0.0926. The standard InChI is InChI=1S/C29H28N2O/c32-25(22-31-28-17-9-7-15-26(28)27-16-8-10-18-29(27)31)21-30(19-23-11-3-1-4-12-23)20-24-13-5-2-6-14-24/h1-18,25,32H,19-22H2/t25-/m0/s1. The Morgan fingerprint density at radius 1 is 0.594 bits per heavy atom. The van der Waals surface area contributed by atoms with Crippen LogP contribution in [-0.2, 0) is 19.6 Å². The normalized spacial score (nSPS) is 12.6. The summed E-state index contributed by atoms with van der Waals surface area (Å²) in [6.45, 7) is 2.78. The Kier molecular flexibility index (Phi) is 6.02. The van der Waals surface area contributed by atoms with Gasteiger partial charge in [0.25, 0.3) is 0 Å². The summed E-state index contributed by atoms with van der Waals surface area (Å²) in [5, 5.41) is 13.7. The van der Waals surface area contributed by atoms with Crippen LogP contribution in [0.2, 0.25) is 0 Å². The summed E-state index contributed by atoms with van der Waals surface area (Å²) in [7, 11) is 0. The molecule has 0 unspecified atom stereocenters. The van der Waals surface area contributed by atoms with Crippen molar-refractivity contribution in [3.63, 3.8) is 0 Å². The second kappa shape index (κ2) is 9.39. The maximum atomic E-state index is 11.2. The molecule has 0 bridgehead atoms. The molecule has 1 atom stereocenters. The first-order valence-electron chi connectivity index (χ1n) is 11.2. The summed E-state index contributed by atoms with van der Waals surface area (Å²) in [4.78, 5) is 2.34. The monoisotopic (exact) mass is 420 g/mol. The predicted octanol–water partition coefficient (Wildman–Crippen LogP) is 5.86. The van der Waals surface area contributed by atoms with Gasteiger partial charge in [-0.1, -0.05) is 97.1 Å². The zero-order valence-corrected chi connectivity index (χ0v) is 18.1. The predicted molar refractivity (Wildman–Crippen MR) is 132 cm³/mol. The minimum atomic E-state index is -0.485. The lowest BCUT2D eigenvalue weighted by atomic mass is 10.1. The molecule has 0 saturated heterocycles. The first kappa shape index (κ1) is 20.5. The number of para-hydroxylation sites is 2. The van der Waals surface area contributed by atoms with Crippen molar-refractivity contribution in [2.24, 2.45) is 0 Å². The van der Waals surface area contributed by atoms with Crippen molar-refractivity contribution in [1.29, 1.82) is 0 Å². The molecule has 5 aromatic rings. The minimum Gasteiger partial charge on any atom is -0.390 e. The van der Waals surface area contributed by atoms with Gasteiger partial charge in [-0.2, -0.15) is 0 Å². The fourth-order valence-corrected chi connectivity index (χ4v) is 4.63. The average Bonchev–Trinajstić information content (AvgIpc) is 3.14. The van der Waals surface area contributed by atoms with Crippen molar-refractivity contribution >= 4 is 21.8 Å². The van der Waals surface area contributed by atoms with Crippen molar-refractivity contribution in [2.75, 3.05) is 6.54 Å². The molecule has 0 aliphatic carbocycles. The quantitative estimate of drug-likeness (QED) is 0.341. The summed E-state index contributed by atoms with van der Waals surface area (Å²) in [6, 6.07) is 37.9. The van der Waals surface area contributed by atoms with Gasteiger partial charge in [-0.3, -0.25) is 4.90 Å². The van der Waals surface area contributed by atoms with E-state index in [1.165, 1.54) is 32.9 Å². The Bertz CT molecular complexity index is 1200. The van der Waals surface area contributed by atoms with Crippen LogP contribution in [0.15, 0.2) is 109 Å². The highest BCUT2D eigenvalue weighted by molar-refractivity contribution is 6.07. The molecule has 0 fully saturated rings. The van der Waals surface area contributed by atoms with E-state index in [0.717, 1.165) is 13.1 Å². The van der Waals surface area contributed by atoms with Crippen LogP contribution in [0.3, 0.4) is 0 Å². The molecule has 4 aromatic carbocycles. The third-order valence-electron chi connectivity index (χ3n) is 6.04. The van der Waals surface area contributed by atoms with Crippen LogP contribution < -0.4 is 0 Å². The number of rotatable bonds is 8. The number of aromatic nitrogens is 1. The second-order valence-electron chi connectivity index (χ2n) is 8.44. The average molecular weight is 421 g/mol. The Morgan fingerprint density at radius 2 is 1.03 bits per heavy atom. The van der Waals surface area contributed by atoms with E-state index in [0.29, 0.717) is 13.1 Å². The number of aliphatic hydroxyl groups is 1. The summed E-state index contributed by atoms with van der Waals surface area (Å²) >= 11 is 0. The lowest BCUT2D eigenvalue weighted by Gasteiger charge is -2.26. The van der Waals surface area contributed by atoms with E-state index in [9.17, 15) is 5.11 Å². The fourth-order valence-electron chi connectivity index (χ4n) is 4.63. The molecule has 160 valence electrons. The van der Waals surface area contributed by atoms with Gasteiger partial charge in [-0.05, 0) is 23.3 Å². The van der Waals surface area contributed by atoms with Gasteiger partial charge in [0, 0.05) is 41.4 Å². The number of fused-ring (bicyclic) bond motifs is 3. The van der Waals surface area contributed by atoms with E-state index in [1.54, 1.807) is 0 Å². The number of nitrogens with zero attached hydrogens (tertiary/aromatic N) is 2. The van der Waals surface area contributed by atoms with Gasteiger partial charge in [0.15, 0.2) is 0 Å². The third kappa shape index (κ3) is 4.45. The van der Waals surface area contributed by atoms with Crippen LogP contribution in [0, 0.1) is 0 Å². The molecule has 0 saturated carbocycles. The van der Waals surface area contributed by atoms with E-state index in [2.05, 4.69) is 107 Å². The molecule has 1 heterocycles. The molecule has 0 aliphatic rings. The molecule has 0 radical (unpaired) electrons. The molecule has 1 aromatic heterocycles. The molecule has 32 heavy (non-hydrogen) atoms. The van der Waals surface area contributed by atoms with Crippen LogP contribution in [0.4, 0.5) is 0 Å². The maximum Gasteiger partial charge on any atom is 0.0846 e. The number of hydrogen-bond donors (Lipinski definition) is 1. The fraction of sp³-hybridized carbons (Fsp3) is 0.172. The molecule has 0 spiro atoms. The van der Waals surface area contributed by atoms with Crippen molar-refractivity contribution in [1.82, 2.24) is 9.47 Å². The highest BCUT2D eigenvalue weighted by Crippen LogP contribution is 2.29. The van der Waals surface area contributed by atoms with Gasteiger partial charge in [0.1, 0.15) is 0 Å². The largest absolute Gasteiger partial charge is 0.390 e. The van der Waals surface area contributed by atoms with Crippen LogP contribution in [-0.4, -0.2) is 27.2 Å². The summed E-state index contributed by atoms with van der Waals surface area (Å²) in [5.74, 6) is 0. The third-order valence-corrected chi connectivity index (χ3v) is 6.04. The van der Waals surface area contributed by atoms with Gasteiger partial charge < -0.3 is 9.67 Å². The van der Waals surface area contributed by atoms with Crippen LogP contribution >= 0.6 is 0 Å². The highest BCUT2D eigenvalue weighted by Gasteiger charge is 2.17. The van der Waals surface area contributed by atoms with E-state index >= 15 is 0 Å².